The van der Waals surface area contributed by atoms with Gasteiger partial charge in [0, 0.05) is 30.6 Å². The summed E-state index contributed by atoms with van der Waals surface area (Å²) in [5, 5.41) is 3.71. The molecule has 10 heteroatoms. The molecule has 3 rings (SSSR count). The molecule has 1 fully saturated rings. The average molecular weight is 564 g/mol. The number of rotatable bonds is 12. The predicted molar refractivity (Wildman–Crippen MR) is 151 cm³/mol. The van der Waals surface area contributed by atoms with Crippen LogP contribution in [0.1, 0.15) is 57.4 Å². The fourth-order valence-electron chi connectivity index (χ4n) is 4.76. The van der Waals surface area contributed by atoms with Crippen molar-refractivity contribution < 1.29 is 22.7 Å². The lowest BCUT2D eigenvalue weighted by molar-refractivity contribution is -0.141. The van der Waals surface area contributed by atoms with Crippen molar-refractivity contribution >= 4 is 39.1 Å². The van der Waals surface area contributed by atoms with Gasteiger partial charge in [0.25, 0.3) is 0 Å². The van der Waals surface area contributed by atoms with E-state index in [-0.39, 0.29) is 43.8 Å². The SMILES string of the molecule is COc1ccccc1N(CCCC(=O)N(Cc1ccc(Cl)cc1)C(C)C(=O)NC1CCCCC1)S(C)(=O)=O. The van der Waals surface area contributed by atoms with Crippen molar-refractivity contribution in [2.75, 3.05) is 24.2 Å². The molecule has 1 saturated carbocycles. The van der Waals surface area contributed by atoms with Gasteiger partial charge in [-0.15, -0.1) is 0 Å². The number of hydrogen-bond donors (Lipinski definition) is 1. The molecule has 0 bridgehead atoms. The van der Waals surface area contributed by atoms with Crippen molar-refractivity contribution in [2.45, 2.75) is 70.5 Å². The summed E-state index contributed by atoms with van der Waals surface area (Å²) >= 11 is 6.03. The number of nitrogens with one attached hydrogen (secondary N) is 1. The third-order valence-corrected chi connectivity index (χ3v) is 8.32. The molecule has 1 atom stereocenters. The highest BCUT2D eigenvalue weighted by Gasteiger charge is 2.28. The fourth-order valence-corrected chi connectivity index (χ4v) is 5.85. The molecule has 0 radical (unpaired) electrons. The number of hydrogen-bond acceptors (Lipinski definition) is 5. The van der Waals surface area contributed by atoms with Gasteiger partial charge in [0.1, 0.15) is 11.8 Å². The van der Waals surface area contributed by atoms with E-state index in [1.54, 1.807) is 48.2 Å². The second kappa shape index (κ2) is 13.8. The Bertz CT molecular complexity index is 1180. The number of para-hydroxylation sites is 2. The molecule has 1 aliphatic carbocycles. The molecule has 38 heavy (non-hydrogen) atoms. The molecule has 0 aliphatic heterocycles. The van der Waals surface area contributed by atoms with E-state index in [0.29, 0.717) is 16.5 Å². The summed E-state index contributed by atoms with van der Waals surface area (Å²) in [6.07, 6.45) is 6.76. The Morgan fingerprint density at radius 1 is 1.08 bits per heavy atom. The molecule has 0 heterocycles. The summed E-state index contributed by atoms with van der Waals surface area (Å²) in [7, 11) is -2.13. The Hall–Kier alpha value is -2.78. The summed E-state index contributed by atoms with van der Waals surface area (Å²) in [5.74, 6) is 0.0346. The minimum absolute atomic E-state index is 0.0792. The highest BCUT2D eigenvalue weighted by molar-refractivity contribution is 7.92. The number of anilines is 1. The minimum atomic E-state index is -3.62. The molecule has 0 spiro atoms. The number of carbonyl (C=O) groups is 2. The number of benzene rings is 2. The van der Waals surface area contributed by atoms with E-state index in [0.717, 1.165) is 37.5 Å². The van der Waals surface area contributed by atoms with Crippen LogP contribution in [0.15, 0.2) is 48.5 Å². The molecule has 2 aromatic carbocycles. The lowest BCUT2D eigenvalue weighted by Gasteiger charge is -2.31. The lowest BCUT2D eigenvalue weighted by Crippen LogP contribution is -2.50. The third kappa shape index (κ3) is 8.36. The minimum Gasteiger partial charge on any atom is -0.495 e. The number of ether oxygens (including phenoxy) is 1. The standard InChI is InChI=1S/C28H38ClN3O5S/c1-21(28(34)30-24-10-5-4-6-11-24)31(20-22-15-17-23(29)18-16-22)27(33)14-9-19-32(38(3,35)36)25-12-7-8-13-26(25)37-2/h7-8,12-13,15-18,21,24H,4-6,9-11,14,19-20H2,1-3H3,(H,30,34). The van der Waals surface area contributed by atoms with E-state index < -0.39 is 16.1 Å². The van der Waals surface area contributed by atoms with Gasteiger partial charge in [-0.1, -0.05) is 55.1 Å². The van der Waals surface area contributed by atoms with Crippen molar-refractivity contribution in [1.29, 1.82) is 0 Å². The van der Waals surface area contributed by atoms with Crippen LogP contribution >= 0.6 is 11.6 Å². The maximum absolute atomic E-state index is 13.5. The highest BCUT2D eigenvalue weighted by Crippen LogP contribution is 2.30. The van der Waals surface area contributed by atoms with Crippen LogP contribution in [0.25, 0.3) is 0 Å². The topological polar surface area (TPSA) is 96.0 Å². The van der Waals surface area contributed by atoms with Crippen molar-refractivity contribution in [3.8, 4) is 5.75 Å². The molecular weight excluding hydrogens is 526 g/mol. The van der Waals surface area contributed by atoms with E-state index in [1.165, 1.54) is 17.8 Å². The largest absolute Gasteiger partial charge is 0.495 e. The number of nitrogens with zero attached hydrogens (tertiary/aromatic N) is 2. The Kier molecular flexibility index (Phi) is 10.8. The van der Waals surface area contributed by atoms with Gasteiger partial charge in [0.05, 0.1) is 19.1 Å². The molecule has 0 saturated heterocycles. The van der Waals surface area contributed by atoms with E-state index in [2.05, 4.69) is 5.32 Å². The first-order valence-electron chi connectivity index (χ1n) is 13.0. The number of carbonyl (C=O) groups excluding carboxylic acids is 2. The smallest absolute Gasteiger partial charge is 0.242 e. The van der Waals surface area contributed by atoms with Crippen LogP contribution in [0.4, 0.5) is 5.69 Å². The molecular formula is C28H38ClN3O5S. The van der Waals surface area contributed by atoms with Crippen molar-refractivity contribution in [1.82, 2.24) is 10.2 Å². The van der Waals surface area contributed by atoms with Crippen LogP contribution in [0.5, 0.6) is 5.75 Å². The molecule has 0 aromatic heterocycles. The van der Waals surface area contributed by atoms with Crippen LogP contribution < -0.4 is 14.4 Å². The van der Waals surface area contributed by atoms with Crippen LogP contribution in [0, 0.1) is 0 Å². The lowest BCUT2D eigenvalue weighted by atomic mass is 9.95. The molecule has 1 unspecified atom stereocenters. The van der Waals surface area contributed by atoms with Gasteiger partial charge in [-0.05, 0) is 56.0 Å². The predicted octanol–water partition coefficient (Wildman–Crippen LogP) is 4.76. The van der Waals surface area contributed by atoms with Gasteiger partial charge in [-0.2, -0.15) is 0 Å². The second-order valence-corrected chi connectivity index (χ2v) is 12.1. The van der Waals surface area contributed by atoms with Gasteiger partial charge < -0.3 is 15.0 Å². The zero-order valence-electron chi connectivity index (χ0n) is 22.4. The van der Waals surface area contributed by atoms with Crippen LogP contribution in [0.2, 0.25) is 5.02 Å². The molecule has 1 aliphatic rings. The third-order valence-electron chi connectivity index (χ3n) is 6.89. The maximum Gasteiger partial charge on any atom is 0.242 e. The summed E-state index contributed by atoms with van der Waals surface area (Å²) in [6, 6.07) is 13.5. The van der Waals surface area contributed by atoms with Gasteiger partial charge in [0.15, 0.2) is 0 Å². The van der Waals surface area contributed by atoms with Crippen molar-refractivity contribution in [3.05, 3.63) is 59.1 Å². The van der Waals surface area contributed by atoms with Crippen LogP contribution in [-0.2, 0) is 26.2 Å². The van der Waals surface area contributed by atoms with E-state index in [4.69, 9.17) is 16.3 Å². The van der Waals surface area contributed by atoms with Gasteiger partial charge in [0.2, 0.25) is 21.8 Å². The number of sulfonamides is 1. The van der Waals surface area contributed by atoms with Crippen LogP contribution in [-0.4, -0.2) is 57.1 Å². The van der Waals surface area contributed by atoms with Gasteiger partial charge >= 0.3 is 0 Å². The first-order chi connectivity index (χ1) is 18.1. The molecule has 2 aromatic rings. The zero-order chi connectivity index (χ0) is 27.7. The number of halogens is 1. The highest BCUT2D eigenvalue weighted by atomic mass is 35.5. The zero-order valence-corrected chi connectivity index (χ0v) is 23.9. The molecule has 1 N–H and O–H groups in total. The van der Waals surface area contributed by atoms with Gasteiger partial charge in [-0.3, -0.25) is 13.9 Å². The van der Waals surface area contributed by atoms with Crippen molar-refractivity contribution in [3.63, 3.8) is 0 Å². The Morgan fingerprint density at radius 3 is 2.37 bits per heavy atom. The van der Waals surface area contributed by atoms with E-state index in [9.17, 15) is 18.0 Å². The first-order valence-corrected chi connectivity index (χ1v) is 15.3. The quantitative estimate of drug-likeness (QED) is 0.401. The molecule has 2 amide bonds. The average Bonchev–Trinajstić information content (AvgIpc) is 2.90. The second-order valence-electron chi connectivity index (χ2n) is 9.78. The van der Waals surface area contributed by atoms with E-state index >= 15 is 0 Å². The van der Waals surface area contributed by atoms with E-state index in [1.807, 2.05) is 12.1 Å². The normalized spacial score (nSPS) is 14.9. The first kappa shape index (κ1) is 29.8. The summed E-state index contributed by atoms with van der Waals surface area (Å²) in [6.45, 7) is 2.09. The number of methoxy groups -OCH3 is 1. The summed E-state index contributed by atoms with van der Waals surface area (Å²) in [5.41, 5.74) is 1.27. The Morgan fingerprint density at radius 2 is 1.74 bits per heavy atom. The Balaban J connectivity index is 1.73. The maximum atomic E-state index is 13.5. The molecule has 208 valence electrons. The Labute approximate surface area is 231 Å². The number of amides is 2. The monoisotopic (exact) mass is 563 g/mol. The summed E-state index contributed by atoms with van der Waals surface area (Å²) < 4.78 is 31.8. The van der Waals surface area contributed by atoms with Crippen molar-refractivity contribution in [2.24, 2.45) is 0 Å². The molecule has 8 nitrogen and oxygen atoms in total. The fraction of sp³-hybridized carbons (Fsp3) is 0.500. The van der Waals surface area contributed by atoms with Crippen LogP contribution in [0.3, 0.4) is 0 Å². The van der Waals surface area contributed by atoms with Gasteiger partial charge in [-0.25, -0.2) is 8.42 Å². The summed E-state index contributed by atoms with van der Waals surface area (Å²) in [4.78, 5) is 28.2.